The third kappa shape index (κ3) is 4.02. The van der Waals surface area contributed by atoms with Crippen LogP contribution in [0.1, 0.15) is 35.6 Å². The molecule has 0 saturated carbocycles. The predicted octanol–water partition coefficient (Wildman–Crippen LogP) is 3.92. The van der Waals surface area contributed by atoms with E-state index in [1.54, 1.807) is 0 Å². The fraction of sp³-hybridized carbons (Fsp3) is 0.333. The van der Waals surface area contributed by atoms with Crippen molar-refractivity contribution < 1.29 is 0 Å². The molecular weight excluding hydrogens is 315 g/mol. The van der Waals surface area contributed by atoms with Crippen LogP contribution in [0.5, 0.6) is 0 Å². The van der Waals surface area contributed by atoms with E-state index in [9.17, 15) is 0 Å². The first-order valence-electron chi connectivity index (χ1n) is 7.48. The van der Waals surface area contributed by atoms with Crippen molar-refractivity contribution in [2.24, 2.45) is 0 Å². The zero-order chi connectivity index (χ0) is 13.8. The molecule has 120 valence electrons. The van der Waals surface area contributed by atoms with Crippen LogP contribution in [0.3, 0.4) is 0 Å². The molecule has 0 saturated heterocycles. The Bertz CT molecular complexity index is 560. The Labute approximate surface area is 145 Å². The fourth-order valence-corrected chi connectivity index (χ4v) is 3.08. The summed E-state index contributed by atoms with van der Waals surface area (Å²) in [6.45, 7) is 5.18. The topological polar surface area (TPSA) is 24.1 Å². The van der Waals surface area contributed by atoms with Gasteiger partial charge in [-0.05, 0) is 23.2 Å². The molecule has 0 unspecified atom stereocenters. The van der Waals surface area contributed by atoms with Crippen molar-refractivity contribution in [2.45, 2.75) is 18.9 Å². The summed E-state index contributed by atoms with van der Waals surface area (Å²) in [6, 6.07) is 20.1. The van der Waals surface area contributed by atoms with Crippen LogP contribution in [-0.2, 0) is 0 Å². The minimum Gasteiger partial charge on any atom is -0.315 e. The van der Waals surface area contributed by atoms with Crippen LogP contribution in [0.15, 0.2) is 54.6 Å². The molecule has 1 heterocycles. The van der Waals surface area contributed by atoms with Crippen LogP contribution in [0.2, 0.25) is 0 Å². The van der Waals surface area contributed by atoms with E-state index in [4.69, 9.17) is 0 Å². The molecule has 22 heavy (non-hydrogen) atoms. The van der Waals surface area contributed by atoms with Gasteiger partial charge in [0.15, 0.2) is 0 Å². The molecule has 0 fully saturated rings. The van der Waals surface area contributed by atoms with Gasteiger partial charge in [0.2, 0.25) is 0 Å². The number of rotatable bonds is 4. The Hall–Kier alpha value is -1.06. The van der Waals surface area contributed by atoms with Crippen molar-refractivity contribution in [1.29, 1.82) is 0 Å². The van der Waals surface area contributed by atoms with Crippen LogP contribution >= 0.6 is 24.8 Å². The van der Waals surface area contributed by atoms with E-state index in [0.717, 1.165) is 19.6 Å². The Morgan fingerprint density at radius 3 is 2.27 bits per heavy atom. The van der Waals surface area contributed by atoms with Gasteiger partial charge >= 0.3 is 0 Å². The standard InChI is InChI=1S/C18H22N2.2ClH/c1-2-19-13-18-16-11-7-6-10-15(16)17(12-20-18)14-8-4-3-5-9-14;;/h3-11,17-20H,2,12-13H2,1H3;2*1H/t17-,18+;;/m0../s1. The van der Waals surface area contributed by atoms with Gasteiger partial charge in [-0.15, -0.1) is 24.8 Å². The Kier molecular flexibility index (Phi) is 7.91. The quantitative estimate of drug-likeness (QED) is 0.882. The third-order valence-electron chi connectivity index (χ3n) is 4.12. The first-order chi connectivity index (χ1) is 9.90. The molecule has 1 aliphatic heterocycles. The Morgan fingerprint density at radius 1 is 0.955 bits per heavy atom. The molecule has 0 amide bonds. The van der Waals surface area contributed by atoms with E-state index < -0.39 is 0 Å². The van der Waals surface area contributed by atoms with Gasteiger partial charge in [-0.1, -0.05) is 61.5 Å². The monoisotopic (exact) mass is 338 g/mol. The number of likely N-dealkylation sites (N-methyl/N-ethyl adjacent to an activating group) is 1. The molecule has 2 N–H and O–H groups in total. The smallest absolute Gasteiger partial charge is 0.0450 e. The molecule has 1 aliphatic rings. The first kappa shape index (κ1) is 19.0. The van der Waals surface area contributed by atoms with E-state index >= 15 is 0 Å². The molecule has 0 radical (unpaired) electrons. The number of hydrogen-bond donors (Lipinski definition) is 2. The Balaban J connectivity index is 0.00000121. The average molecular weight is 339 g/mol. The highest BCUT2D eigenvalue weighted by atomic mass is 35.5. The van der Waals surface area contributed by atoms with Crippen molar-refractivity contribution in [3.8, 4) is 0 Å². The van der Waals surface area contributed by atoms with Gasteiger partial charge in [0.1, 0.15) is 0 Å². The maximum Gasteiger partial charge on any atom is 0.0450 e. The minimum absolute atomic E-state index is 0. The molecule has 0 bridgehead atoms. The summed E-state index contributed by atoms with van der Waals surface area (Å²) in [4.78, 5) is 0. The van der Waals surface area contributed by atoms with Crippen LogP contribution in [-0.4, -0.2) is 19.6 Å². The summed E-state index contributed by atoms with van der Waals surface area (Å²) in [5, 5.41) is 7.15. The zero-order valence-electron chi connectivity index (χ0n) is 12.8. The summed E-state index contributed by atoms with van der Waals surface area (Å²) in [5.41, 5.74) is 4.31. The lowest BCUT2D eigenvalue weighted by Crippen LogP contribution is -2.39. The van der Waals surface area contributed by atoms with E-state index in [-0.39, 0.29) is 24.8 Å². The lowest BCUT2D eigenvalue weighted by atomic mass is 9.82. The van der Waals surface area contributed by atoms with Crippen molar-refractivity contribution in [3.05, 3.63) is 71.3 Å². The molecule has 2 aromatic carbocycles. The highest BCUT2D eigenvalue weighted by molar-refractivity contribution is 5.85. The molecule has 0 aromatic heterocycles. The van der Waals surface area contributed by atoms with Crippen LogP contribution in [0, 0.1) is 0 Å². The van der Waals surface area contributed by atoms with Crippen LogP contribution < -0.4 is 10.6 Å². The number of benzene rings is 2. The van der Waals surface area contributed by atoms with Gasteiger partial charge in [0.25, 0.3) is 0 Å². The molecule has 2 aromatic rings. The maximum atomic E-state index is 3.70. The SMILES string of the molecule is CCNC[C@H]1NC[C@@H](c2ccccc2)c2ccccc21.Cl.Cl. The van der Waals surface area contributed by atoms with Crippen molar-refractivity contribution in [3.63, 3.8) is 0 Å². The highest BCUT2D eigenvalue weighted by Crippen LogP contribution is 2.33. The molecule has 3 rings (SSSR count). The third-order valence-corrected chi connectivity index (χ3v) is 4.12. The summed E-state index contributed by atoms with van der Waals surface area (Å²) in [6.07, 6.45) is 0. The first-order valence-corrected chi connectivity index (χ1v) is 7.48. The van der Waals surface area contributed by atoms with Gasteiger partial charge in [-0.2, -0.15) is 0 Å². The maximum absolute atomic E-state index is 3.70. The molecule has 2 atom stereocenters. The zero-order valence-corrected chi connectivity index (χ0v) is 14.4. The second kappa shape index (κ2) is 9.16. The van der Waals surface area contributed by atoms with Crippen molar-refractivity contribution in [1.82, 2.24) is 10.6 Å². The van der Waals surface area contributed by atoms with Crippen LogP contribution in [0.25, 0.3) is 0 Å². The van der Waals surface area contributed by atoms with Gasteiger partial charge in [-0.25, -0.2) is 0 Å². The highest BCUT2D eigenvalue weighted by Gasteiger charge is 2.26. The Morgan fingerprint density at radius 2 is 1.59 bits per heavy atom. The van der Waals surface area contributed by atoms with Crippen molar-refractivity contribution in [2.75, 3.05) is 19.6 Å². The normalized spacial score (nSPS) is 19.5. The van der Waals surface area contributed by atoms with Crippen LogP contribution in [0.4, 0.5) is 0 Å². The molecule has 0 spiro atoms. The van der Waals surface area contributed by atoms with E-state index in [1.807, 2.05) is 0 Å². The second-order valence-corrected chi connectivity index (χ2v) is 5.36. The summed E-state index contributed by atoms with van der Waals surface area (Å²) < 4.78 is 0. The van der Waals surface area contributed by atoms with E-state index in [2.05, 4.69) is 72.2 Å². The fourth-order valence-electron chi connectivity index (χ4n) is 3.08. The predicted molar refractivity (Wildman–Crippen MR) is 98.5 cm³/mol. The molecule has 4 heteroatoms. The van der Waals surface area contributed by atoms with Crippen molar-refractivity contribution >= 4 is 24.8 Å². The lowest BCUT2D eigenvalue weighted by molar-refractivity contribution is 0.454. The number of halogens is 2. The summed E-state index contributed by atoms with van der Waals surface area (Å²) in [7, 11) is 0. The summed E-state index contributed by atoms with van der Waals surface area (Å²) >= 11 is 0. The van der Waals surface area contributed by atoms with Gasteiger partial charge in [0.05, 0.1) is 0 Å². The molecule has 0 aliphatic carbocycles. The number of fused-ring (bicyclic) bond motifs is 1. The van der Waals surface area contributed by atoms with E-state index in [1.165, 1.54) is 16.7 Å². The molecule has 2 nitrogen and oxygen atoms in total. The average Bonchev–Trinajstić information content (AvgIpc) is 2.53. The molecular formula is C18H24Cl2N2. The lowest BCUT2D eigenvalue weighted by Gasteiger charge is -2.33. The van der Waals surface area contributed by atoms with Gasteiger partial charge < -0.3 is 10.6 Å². The van der Waals surface area contributed by atoms with E-state index in [0.29, 0.717) is 12.0 Å². The number of hydrogen-bond acceptors (Lipinski definition) is 2. The minimum atomic E-state index is 0. The van der Waals surface area contributed by atoms with Gasteiger partial charge in [0, 0.05) is 25.0 Å². The second-order valence-electron chi connectivity index (χ2n) is 5.36. The van der Waals surface area contributed by atoms with Gasteiger partial charge in [-0.3, -0.25) is 0 Å². The summed E-state index contributed by atoms with van der Waals surface area (Å²) in [5.74, 6) is 0.463. The number of nitrogens with one attached hydrogen (secondary N) is 2. The largest absolute Gasteiger partial charge is 0.315 e.